The maximum atomic E-state index is 12.5. The van der Waals surface area contributed by atoms with E-state index in [9.17, 15) is 4.79 Å². The summed E-state index contributed by atoms with van der Waals surface area (Å²) in [5.74, 6) is 0.892. The summed E-state index contributed by atoms with van der Waals surface area (Å²) < 4.78 is 0. The van der Waals surface area contributed by atoms with E-state index in [2.05, 4.69) is 15.3 Å². The zero-order valence-corrected chi connectivity index (χ0v) is 15.4. The van der Waals surface area contributed by atoms with E-state index >= 15 is 0 Å². The Morgan fingerprint density at radius 2 is 2.08 bits per heavy atom. The fourth-order valence-electron chi connectivity index (χ4n) is 4.01. The molecule has 2 aliphatic rings. The summed E-state index contributed by atoms with van der Waals surface area (Å²) in [6, 6.07) is 5.77. The molecule has 1 aliphatic carbocycles. The van der Waals surface area contributed by atoms with Crippen LogP contribution in [0.2, 0.25) is 5.02 Å². The molecule has 1 spiro atoms. The summed E-state index contributed by atoms with van der Waals surface area (Å²) in [5.41, 5.74) is 4.72. The van der Waals surface area contributed by atoms with E-state index in [-0.39, 0.29) is 11.3 Å². The molecular formula is C20H19ClN4O. The van der Waals surface area contributed by atoms with E-state index in [0.29, 0.717) is 5.56 Å². The summed E-state index contributed by atoms with van der Waals surface area (Å²) in [6.07, 6.45) is 6.08. The van der Waals surface area contributed by atoms with Crippen molar-refractivity contribution < 1.29 is 4.79 Å². The Labute approximate surface area is 156 Å². The predicted molar refractivity (Wildman–Crippen MR) is 104 cm³/mol. The number of hydrogen-bond acceptors (Lipinski definition) is 3. The van der Waals surface area contributed by atoms with Gasteiger partial charge >= 0.3 is 0 Å². The van der Waals surface area contributed by atoms with Crippen LogP contribution < -0.4 is 5.32 Å². The first kappa shape index (κ1) is 15.7. The molecule has 0 saturated heterocycles. The minimum atomic E-state index is -0.0247. The molecule has 0 bridgehead atoms. The van der Waals surface area contributed by atoms with Crippen molar-refractivity contribution in [1.82, 2.24) is 14.9 Å². The molecule has 0 radical (unpaired) electrons. The second-order valence-electron chi connectivity index (χ2n) is 7.47. The zero-order valence-electron chi connectivity index (χ0n) is 14.7. The van der Waals surface area contributed by atoms with Gasteiger partial charge in [0.1, 0.15) is 5.82 Å². The molecule has 1 fully saturated rings. The monoisotopic (exact) mass is 366 g/mol. The first-order valence-corrected chi connectivity index (χ1v) is 9.15. The summed E-state index contributed by atoms with van der Waals surface area (Å²) in [6.45, 7) is 0.924. The van der Waals surface area contributed by atoms with Crippen molar-refractivity contribution >= 4 is 34.2 Å². The van der Waals surface area contributed by atoms with Gasteiger partial charge in [0, 0.05) is 60.5 Å². The van der Waals surface area contributed by atoms with Crippen LogP contribution in [0.3, 0.4) is 0 Å². The lowest BCUT2D eigenvalue weighted by molar-refractivity contribution is 0.0829. The minimum absolute atomic E-state index is 0.0247. The number of H-pyrrole nitrogens is 1. The second kappa shape index (κ2) is 5.24. The third kappa shape index (κ3) is 2.04. The van der Waals surface area contributed by atoms with Crippen LogP contribution in [0.25, 0.3) is 22.0 Å². The van der Waals surface area contributed by atoms with Crippen molar-refractivity contribution in [1.29, 1.82) is 0 Å². The van der Waals surface area contributed by atoms with Crippen molar-refractivity contribution in [2.24, 2.45) is 0 Å². The number of carbonyl (C=O) groups excluding carboxylic acids is 1. The Bertz CT molecular complexity index is 1070. The fraction of sp³-hybridized carbons (Fsp3) is 0.300. The normalized spacial score (nSPS) is 16.6. The van der Waals surface area contributed by atoms with Crippen molar-refractivity contribution in [3.05, 3.63) is 46.7 Å². The van der Waals surface area contributed by atoms with E-state index in [1.54, 1.807) is 19.0 Å². The van der Waals surface area contributed by atoms with Crippen LogP contribution in [-0.4, -0.2) is 41.4 Å². The number of rotatable bonds is 2. The Morgan fingerprint density at radius 3 is 2.81 bits per heavy atom. The Hall–Kier alpha value is -2.53. The van der Waals surface area contributed by atoms with E-state index in [0.717, 1.165) is 57.8 Å². The number of fused-ring (bicyclic) bond motifs is 3. The van der Waals surface area contributed by atoms with Gasteiger partial charge in [-0.2, -0.15) is 0 Å². The first-order chi connectivity index (χ1) is 12.5. The number of anilines is 1. The van der Waals surface area contributed by atoms with E-state index in [4.69, 9.17) is 11.6 Å². The van der Waals surface area contributed by atoms with E-state index in [1.165, 1.54) is 0 Å². The van der Waals surface area contributed by atoms with Gasteiger partial charge in [-0.05, 0) is 18.9 Å². The van der Waals surface area contributed by atoms with Crippen molar-refractivity contribution in [3.8, 4) is 11.1 Å². The largest absolute Gasteiger partial charge is 0.369 e. The predicted octanol–water partition coefficient (Wildman–Crippen LogP) is 4.04. The lowest BCUT2D eigenvalue weighted by atomic mass is 9.96. The molecule has 1 aliphatic heterocycles. The molecule has 26 heavy (non-hydrogen) atoms. The lowest BCUT2D eigenvalue weighted by Gasteiger charge is -2.12. The Balaban J connectivity index is 1.70. The zero-order chi connectivity index (χ0) is 18.1. The minimum Gasteiger partial charge on any atom is -0.369 e. The molecule has 2 N–H and O–H groups in total. The first-order valence-electron chi connectivity index (χ1n) is 8.77. The second-order valence-corrected chi connectivity index (χ2v) is 7.85. The average molecular weight is 367 g/mol. The highest BCUT2D eigenvalue weighted by molar-refractivity contribution is 6.35. The number of pyridine rings is 1. The van der Waals surface area contributed by atoms with Crippen LogP contribution in [0.5, 0.6) is 0 Å². The van der Waals surface area contributed by atoms with Gasteiger partial charge in [0.05, 0.1) is 16.1 Å². The van der Waals surface area contributed by atoms with Crippen LogP contribution >= 0.6 is 11.6 Å². The molecule has 0 unspecified atom stereocenters. The Kier molecular flexibility index (Phi) is 3.16. The summed E-state index contributed by atoms with van der Waals surface area (Å²) >= 11 is 6.85. The highest BCUT2D eigenvalue weighted by Gasteiger charge is 2.51. The number of para-hydroxylation sites is 1. The smallest absolute Gasteiger partial charge is 0.255 e. The van der Waals surface area contributed by atoms with E-state index < -0.39 is 0 Å². The standard InChI is InChI=1S/C20H19ClN4O/c1-25(2)19(26)12-5-3-4-11-13(8-22-17(11)12)14-9-23-18-15(16(14)21)20(6-7-20)10-24-18/h3-5,8-9,22H,6-7,10H2,1-2H3,(H,23,24). The van der Waals surface area contributed by atoms with Crippen molar-refractivity contribution in [2.45, 2.75) is 18.3 Å². The van der Waals surface area contributed by atoms with Gasteiger partial charge in [0.15, 0.2) is 0 Å². The molecule has 0 atom stereocenters. The highest BCUT2D eigenvalue weighted by Crippen LogP contribution is 2.57. The maximum Gasteiger partial charge on any atom is 0.255 e. The van der Waals surface area contributed by atoms with Crippen LogP contribution in [0, 0.1) is 0 Å². The Morgan fingerprint density at radius 1 is 1.27 bits per heavy atom. The number of hydrogen-bond donors (Lipinski definition) is 2. The fourth-order valence-corrected chi connectivity index (χ4v) is 4.45. The van der Waals surface area contributed by atoms with Gasteiger partial charge in [-0.25, -0.2) is 4.98 Å². The molecular weight excluding hydrogens is 348 g/mol. The summed E-state index contributed by atoms with van der Waals surface area (Å²) in [5, 5.41) is 5.15. The number of nitrogens with zero attached hydrogens (tertiary/aromatic N) is 2. The number of nitrogens with one attached hydrogen (secondary N) is 2. The summed E-state index contributed by atoms with van der Waals surface area (Å²) in [4.78, 5) is 22.0. The number of aromatic amines is 1. The van der Waals surface area contributed by atoms with Crippen LogP contribution in [0.4, 0.5) is 5.82 Å². The highest BCUT2D eigenvalue weighted by atomic mass is 35.5. The quantitative estimate of drug-likeness (QED) is 0.719. The van der Waals surface area contributed by atoms with Gasteiger partial charge < -0.3 is 15.2 Å². The van der Waals surface area contributed by atoms with Gasteiger partial charge in [-0.15, -0.1) is 0 Å². The van der Waals surface area contributed by atoms with Crippen molar-refractivity contribution in [2.75, 3.05) is 26.0 Å². The van der Waals surface area contributed by atoms with Crippen LogP contribution in [0.1, 0.15) is 28.8 Å². The van der Waals surface area contributed by atoms with Crippen molar-refractivity contribution in [3.63, 3.8) is 0 Å². The van der Waals surface area contributed by atoms with Gasteiger partial charge in [0.2, 0.25) is 0 Å². The number of amides is 1. The van der Waals surface area contributed by atoms with Gasteiger partial charge in [-0.1, -0.05) is 23.7 Å². The number of halogens is 1. The average Bonchev–Trinajstić information content (AvgIpc) is 3.12. The molecule has 2 aromatic heterocycles. The maximum absolute atomic E-state index is 12.5. The topological polar surface area (TPSA) is 61.0 Å². The number of carbonyl (C=O) groups is 1. The molecule has 6 heteroatoms. The van der Waals surface area contributed by atoms with Crippen LogP contribution in [-0.2, 0) is 5.41 Å². The molecule has 3 heterocycles. The lowest BCUT2D eigenvalue weighted by Crippen LogP contribution is -2.21. The van der Waals surface area contributed by atoms with Gasteiger partial charge in [0.25, 0.3) is 5.91 Å². The molecule has 1 amide bonds. The molecule has 3 aromatic rings. The van der Waals surface area contributed by atoms with Gasteiger partial charge in [-0.3, -0.25) is 4.79 Å². The molecule has 5 nitrogen and oxygen atoms in total. The number of benzene rings is 1. The SMILES string of the molecule is CN(C)C(=O)c1cccc2c(-c3cnc4c(c3Cl)C3(CC3)CN4)c[nH]c12. The summed E-state index contributed by atoms with van der Waals surface area (Å²) in [7, 11) is 3.52. The molecule has 1 saturated carbocycles. The molecule has 132 valence electrons. The van der Waals surface area contributed by atoms with Crippen LogP contribution in [0.15, 0.2) is 30.6 Å². The number of aromatic nitrogens is 2. The molecule has 1 aromatic carbocycles. The third-order valence-corrected chi connectivity index (χ3v) is 6.03. The third-order valence-electron chi connectivity index (χ3n) is 5.64. The van der Waals surface area contributed by atoms with E-state index in [1.807, 2.05) is 30.6 Å². The molecule has 5 rings (SSSR count).